The molecule has 0 heterocycles. The van der Waals surface area contributed by atoms with E-state index in [0.29, 0.717) is 0 Å². The van der Waals surface area contributed by atoms with Crippen molar-refractivity contribution in [2.75, 3.05) is 20.4 Å². The van der Waals surface area contributed by atoms with Gasteiger partial charge in [0.15, 0.2) is 0 Å². The van der Waals surface area contributed by atoms with Crippen molar-refractivity contribution >= 4 is 24.2 Å². The zero-order valence-corrected chi connectivity index (χ0v) is 13.6. The zero-order chi connectivity index (χ0) is 13.7. The van der Waals surface area contributed by atoms with E-state index in [9.17, 15) is 0 Å². The number of thioether (sulfide) groups is 1. The highest BCUT2D eigenvalue weighted by Gasteiger charge is 2.05. The number of hydrogen-bond donors (Lipinski definition) is 0. The first kappa shape index (κ1) is 16.9. The van der Waals surface area contributed by atoms with Crippen LogP contribution in [0.25, 0.3) is 0 Å². The summed E-state index contributed by atoms with van der Waals surface area (Å²) in [6.07, 6.45) is 2.07. The van der Waals surface area contributed by atoms with Crippen LogP contribution in [0.2, 0.25) is 0 Å². The molecule has 0 aliphatic rings. The summed E-state index contributed by atoms with van der Waals surface area (Å²) in [6.45, 7) is 0.874. The summed E-state index contributed by atoms with van der Waals surface area (Å²) in [5.41, 5.74) is 1.20. The van der Waals surface area contributed by atoms with E-state index >= 15 is 0 Å². The second kappa shape index (κ2) is 8.20. The minimum Gasteiger partial charge on any atom is -0.457 e. The molecule has 0 atom stereocenters. The van der Waals surface area contributed by atoms with Crippen molar-refractivity contribution in [1.29, 1.82) is 0 Å². The third kappa shape index (κ3) is 4.75. The Bertz CT molecular complexity index is 528. The van der Waals surface area contributed by atoms with Crippen molar-refractivity contribution in [3.8, 4) is 11.5 Å². The van der Waals surface area contributed by atoms with Crippen molar-refractivity contribution in [3.63, 3.8) is 0 Å². The van der Waals surface area contributed by atoms with Gasteiger partial charge in [-0.1, -0.05) is 18.2 Å². The molecule has 2 aromatic rings. The predicted molar refractivity (Wildman–Crippen MR) is 89.4 cm³/mol. The topological polar surface area (TPSA) is 12.5 Å². The fourth-order valence-corrected chi connectivity index (χ4v) is 2.25. The number of benzene rings is 2. The molecule has 2 rings (SSSR count). The van der Waals surface area contributed by atoms with Crippen LogP contribution in [0.5, 0.6) is 11.5 Å². The Hall–Kier alpha value is -1.16. The van der Waals surface area contributed by atoms with Crippen LogP contribution < -0.4 is 4.74 Å². The third-order valence-corrected chi connectivity index (χ3v) is 3.49. The molecule has 0 unspecified atom stereocenters. The van der Waals surface area contributed by atoms with Gasteiger partial charge in [0.25, 0.3) is 0 Å². The van der Waals surface area contributed by atoms with E-state index in [4.69, 9.17) is 4.74 Å². The average molecular weight is 310 g/mol. The van der Waals surface area contributed by atoms with Crippen molar-refractivity contribution in [2.24, 2.45) is 0 Å². The van der Waals surface area contributed by atoms with E-state index < -0.39 is 0 Å². The summed E-state index contributed by atoms with van der Waals surface area (Å²) in [5.74, 6) is 1.80. The lowest BCUT2D eigenvalue weighted by atomic mass is 10.2. The molecule has 0 aromatic heterocycles. The maximum Gasteiger partial charge on any atom is 0.131 e. The van der Waals surface area contributed by atoms with Crippen LogP contribution >= 0.6 is 24.2 Å². The Morgan fingerprint density at radius 3 is 2.25 bits per heavy atom. The van der Waals surface area contributed by atoms with Gasteiger partial charge in [0.2, 0.25) is 0 Å². The molecule has 20 heavy (non-hydrogen) atoms. The molecule has 0 aliphatic carbocycles. The van der Waals surface area contributed by atoms with Crippen LogP contribution in [0.4, 0.5) is 0 Å². The Morgan fingerprint density at radius 2 is 1.65 bits per heavy atom. The number of rotatable bonds is 5. The Labute approximate surface area is 131 Å². The van der Waals surface area contributed by atoms with Crippen LogP contribution in [-0.4, -0.2) is 25.3 Å². The summed E-state index contributed by atoms with van der Waals surface area (Å²) in [6, 6.07) is 16.3. The smallest absolute Gasteiger partial charge is 0.131 e. The Morgan fingerprint density at radius 1 is 1.00 bits per heavy atom. The molecule has 0 amide bonds. The van der Waals surface area contributed by atoms with Crippen LogP contribution in [0, 0.1) is 0 Å². The van der Waals surface area contributed by atoms with Crippen LogP contribution in [0.3, 0.4) is 0 Å². The van der Waals surface area contributed by atoms with Gasteiger partial charge in [-0.2, -0.15) is 0 Å². The van der Waals surface area contributed by atoms with Crippen LogP contribution in [0.1, 0.15) is 5.56 Å². The molecule has 0 fully saturated rings. The molecular formula is C16H20ClNOS. The van der Waals surface area contributed by atoms with Gasteiger partial charge < -0.3 is 9.64 Å². The number of para-hydroxylation sites is 1. The molecule has 2 aromatic carbocycles. The monoisotopic (exact) mass is 309 g/mol. The Balaban J connectivity index is 0.00000200. The van der Waals surface area contributed by atoms with E-state index in [1.807, 2.05) is 30.3 Å². The SMILES string of the molecule is CSc1ccc(Oc2ccccc2CN(C)C)cc1.Cl. The quantitative estimate of drug-likeness (QED) is 0.744. The van der Waals surface area contributed by atoms with Gasteiger partial charge in [0.05, 0.1) is 0 Å². The van der Waals surface area contributed by atoms with E-state index in [1.165, 1.54) is 10.5 Å². The molecule has 0 N–H and O–H groups in total. The van der Waals surface area contributed by atoms with Gasteiger partial charge in [0, 0.05) is 17.0 Å². The zero-order valence-electron chi connectivity index (χ0n) is 12.0. The molecule has 4 heteroatoms. The lowest BCUT2D eigenvalue weighted by Gasteiger charge is -2.14. The number of nitrogens with zero attached hydrogens (tertiary/aromatic N) is 1. The molecule has 2 nitrogen and oxygen atoms in total. The first-order chi connectivity index (χ1) is 9.19. The molecule has 0 saturated carbocycles. The lowest BCUT2D eigenvalue weighted by Crippen LogP contribution is -2.11. The van der Waals surface area contributed by atoms with Crippen LogP contribution in [-0.2, 0) is 6.54 Å². The highest BCUT2D eigenvalue weighted by Crippen LogP contribution is 2.27. The molecule has 0 radical (unpaired) electrons. The number of ether oxygens (including phenoxy) is 1. The fourth-order valence-electron chi connectivity index (χ4n) is 1.85. The predicted octanol–water partition coefficient (Wildman–Crippen LogP) is 4.68. The first-order valence-corrected chi connectivity index (χ1v) is 7.46. The van der Waals surface area contributed by atoms with Gasteiger partial charge in [-0.3, -0.25) is 0 Å². The maximum absolute atomic E-state index is 5.97. The van der Waals surface area contributed by atoms with Gasteiger partial charge in [-0.05, 0) is 50.7 Å². The van der Waals surface area contributed by atoms with Crippen LogP contribution in [0.15, 0.2) is 53.4 Å². The average Bonchev–Trinajstić information content (AvgIpc) is 2.41. The van der Waals surface area contributed by atoms with E-state index in [0.717, 1.165) is 18.0 Å². The standard InChI is InChI=1S/C16H19NOS.ClH/c1-17(2)12-13-6-4-5-7-16(13)18-14-8-10-15(19-3)11-9-14;/h4-11H,12H2,1-3H3;1H. The highest BCUT2D eigenvalue weighted by molar-refractivity contribution is 7.98. The number of halogens is 1. The number of hydrogen-bond acceptors (Lipinski definition) is 3. The third-order valence-electron chi connectivity index (χ3n) is 2.75. The summed E-state index contributed by atoms with van der Waals surface area (Å²) in [5, 5.41) is 0. The summed E-state index contributed by atoms with van der Waals surface area (Å²) >= 11 is 1.73. The van der Waals surface area contributed by atoms with Gasteiger partial charge in [-0.15, -0.1) is 24.2 Å². The largest absolute Gasteiger partial charge is 0.457 e. The molecule has 0 bridgehead atoms. The maximum atomic E-state index is 5.97. The summed E-state index contributed by atoms with van der Waals surface area (Å²) in [4.78, 5) is 3.38. The van der Waals surface area contributed by atoms with Crippen molar-refractivity contribution < 1.29 is 4.74 Å². The molecule has 0 aliphatic heterocycles. The molecular weight excluding hydrogens is 290 g/mol. The van der Waals surface area contributed by atoms with Crippen molar-refractivity contribution in [3.05, 3.63) is 54.1 Å². The first-order valence-electron chi connectivity index (χ1n) is 6.23. The fraction of sp³-hybridized carbons (Fsp3) is 0.250. The summed E-state index contributed by atoms with van der Waals surface area (Å²) < 4.78 is 5.97. The van der Waals surface area contributed by atoms with Gasteiger partial charge in [0.1, 0.15) is 11.5 Å². The van der Waals surface area contributed by atoms with E-state index in [2.05, 4.69) is 43.5 Å². The minimum absolute atomic E-state index is 0. The minimum atomic E-state index is 0. The molecule has 108 valence electrons. The van der Waals surface area contributed by atoms with E-state index in [-0.39, 0.29) is 12.4 Å². The van der Waals surface area contributed by atoms with Gasteiger partial charge >= 0.3 is 0 Å². The second-order valence-electron chi connectivity index (χ2n) is 4.62. The molecule has 0 spiro atoms. The normalized spacial score (nSPS) is 10.2. The van der Waals surface area contributed by atoms with Gasteiger partial charge in [-0.25, -0.2) is 0 Å². The lowest BCUT2D eigenvalue weighted by molar-refractivity contribution is 0.388. The summed E-state index contributed by atoms with van der Waals surface area (Å²) in [7, 11) is 4.12. The van der Waals surface area contributed by atoms with Crippen molar-refractivity contribution in [1.82, 2.24) is 4.90 Å². The molecule has 0 saturated heterocycles. The van der Waals surface area contributed by atoms with Crippen molar-refractivity contribution in [2.45, 2.75) is 11.4 Å². The highest BCUT2D eigenvalue weighted by atomic mass is 35.5. The second-order valence-corrected chi connectivity index (χ2v) is 5.50. The van der Waals surface area contributed by atoms with E-state index in [1.54, 1.807) is 11.8 Å². The Kier molecular flexibility index (Phi) is 6.93.